The Hall–Kier alpha value is -2.05. The van der Waals surface area contributed by atoms with Crippen molar-refractivity contribution < 1.29 is 8.42 Å². The molecule has 5 nitrogen and oxygen atoms in total. The van der Waals surface area contributed by atoms with Crippen LogP contribution in [0.2, 0.25) is 0 Å². The molecule has 0 aromatic heterocycles. The Morgan fingerprint density at radius 1 is 0.958 bits per heavy atom. The van der Waals surface area contributed by atoms with Gasteiger partial charge in [-0.05, 0) is 37.6 Å². The van der Waals surface area contributed by atoms with Crippen molar-refractivity contribution in [2.45, 2.75) is 25.3 Å². The standard InChI is InChI=1S/C18H25N3O2S/c1-5-19-17-11-10-16(24(22,23)21(3)4)12-18(17)20-13-15-8-6-14(2)7-9-15/h6-12,19-20H,5,13H2,1-4H3. The van der Waals surface area contributed by atoms with Crippen LogP contribution in [0.1, 0.15) is 18.1 Å². The van der Waals surface area contributed by atoms with E-state index in [1.807, 2.05) is 6.92 Å². The molecule has 0 saturated carbocycles. The van der Waals surface area contributed by atoms with E-state index in [1.54, 1.807) is 18.2 Å². The van der Waals surface area contributed by atoms with Gasteiger partial charge in [-0.1, -0.05) is 29.8 Å². The van der Waals surface area contributed by atoms with Crippen molar-refractivity contribution in [2.24, 2.45) is 0 Å². The van der Waals surface area contributed by atoms with Crippen LogP contribution >= 0.6 is 0 Å². The Kier molecular flexibility index (Phi) is 5.85. The molecule has 2 aromatic rings. The van der Waals surface area contributed by atoms with Gasteiger partial charge in [0, 0.05) is 27.2 Å². The smallest absolute Gasteiger partial charge is 0.242 e. The number of nitrogens with zero attached hydrogens (tertiary/aromatic N) is 1. The summed E-state index contributed by atoms with van der Waals surface area (Å²) in [6.45, 7) is 5.45. The van der Waals surface area contributed by atoms with Crippen LogP contribution in [0, 0.1) is 6.92 Å². The average Bonchev–Trinajstić information content (AvgIpc) is 2.55. The Balaban J connectivity index is 2.29. The molecule has 130 valence electrons. The molecule has 0 spiro atoms. The van der Waals surface area contributed by atoms with Crippen LogP contribution in [0.15, 0.2) is 47.4 Å². The molecule has 6 heteroatoms. The third-order valence-electron chi connectivity index (χ3n) is 3.74. The lowest BCUT2D eigenvalue weighted by molar-refractivity contribution is 0.521. The summed E-state index contributed by atoms with van der Waals surface area (Å²) in [6, 6.07) is 13.4. The molecule has 2 aromatic carbocycles. The van der Waals surface area contributed by atoms with E-state index in [9.17, 15) is 8.42 Å². The first-order valence-corrected chi connectivity index (χ1v) is 9.38. The Morgan fingerprint density at radius 2 is 1.62 bits per heavy atom. The minimum atomic E-state index is -3.45. The largest absolute Gasteiger partial charge is 0.384 e. The highest BCUT2D eigenvalue weighted by Crippen LogP contribution is 2.27. The zero-order valence-corrected chi connectivity index (χ0v) is 15.4. The molecule has 2 rings (SSSR count). The lowest BCUT2D eigenvalue weighted by Crippen LogP contribution is -2.22. The molecule has 0 radical (unpaired) electrons. The number of rotatable bonds is 7. The minimum Gasteiger partial charge on any atom is -0.384 e. The van der Waals surface area contributed by atoms with Gasteiger partial charge in [-0.2, -0.15) is 0 Å². The second-order valence-electron chi connectivity index (χ2n) is 5.86. The summed E-state index contributed by atoms with van der Waals surface area (Å²) in [5.41, 5.74) is 4.03. The first-order valence-electron chi connectivity index (χ1n) is 7.94. The molecule has 0 amide bonds. The predicted octanol–water partition coefficient (Wildman–Crippen LogP) is 3.29. The Labute approximate surface area is 144 Å². The first kappa shape index (κ1) is 18.3. The molecule has 24 heavy (non-hydrogen) atoms. The summed E-state index contributed by atoms with van der Waals surface area (Å²) < 4.78 is 25.9. The molecule has 0 bridgehead atoms. The highest BCUT2D eigenvalue weighted by molar-refractivity contribution is 7.89. The van der Waals surface area contributed by atoms with Crippen LogP contribution in [0.25, 0.3) is 0 Å². The summed E-state index contributed by atoms with van der Waals surface area (Å²) in [6.07, 6.45) is 0. The van der Waals surface area contributed by atoms with Crippen molar-refractivity contribution in [1.82, 2.24) is 4.31 Å². The lowest BCUT2D eigenvalue weighted by atomic mass is 10.1. The fourth-order valence-corrected chi connectivity index (χ4v) is 3.22. The quantitative estimate of drug-likeness (QED) is 0.807. The summed E-state index contributed by atoms with van der Waals surface area (Å²) in [5, 5.41) is 6.60. The zero-order valence-electron chi connectivity index (χ0n) is 14.6. The number of aryl methyl sites for hydroxylation is 1. The molecule has 0 fully saturated rings. The van der Waals surface area contributed by atoms with Crippen molar-refractivity contribution >= 4 is 21.4 Å². The molecule has 0 aliphatic heterocycles. The van der Waals surface area contributed by atoms with Gasteiger partial charge >= 0.3 is 0 Å². The third kappa shape index (κ3) is 4.27. The molecule has 0 saturated heterocycles. The van der Waals surface area contributed by atoms with E-state index in [-0.39, 0.29) is 4.90 Å². The maximum Gasteiger partial charge on any atom is 0.242 e. The van der Waals surface area contributed by atoms with Crippen LogP contribution < -0.4 is 10.6 Å². The van der Waals surface area contributed by atoms with Crippen molar-refractivity contribution in [3.05, 3.63) is 53.6 Å². The molecule has 0 aliphatic rings. The average molecular weight is 347 g/mol. The van der Waals surface area contributed by atoms with Crippen molar-refractivity contribution in [1.29, 1.82) is 0 Å². The second-order valence-corrected chi connectivity index (χ2v) is 8.02. The van der Waals surface area contributed by atoms with E-state index < -0.39 is 10.0 Å². The van der Waals surface area contributed by atoms with Crippen LogP contribution in [0.5, 0.6) is 0 Å². The van der Waals surface area contributed by atoms with Crippen LogP contribution in [-0.2, 0) is 16.6 Å². The second kappa shape index (κ2) is 7.68. The molecular formula is C18H25N3O2S. The Bertz CT molecular complexity index is 784. The molecule has 0 unspecified atom stereocenters. The van der Waals surface area contributed by atoms with E-state index in [1.165, 1.54) is 24.0 Å². The molecule has 2 N–H and O–H groups in total. The van der Waals surface area contributed by atoms with Gasteiger partial charge in [0.15, 0.2) is 0 Å². The number of hydrogen-bond acceptors (Lipinski definition) is 4. The lowest BCUT2D eigenvalue weighted by Gasteiger charge is -2.17. The molecule has 0 aliphatic carbocycles. The Morgan fingerprint density at radius 3 is 2.21 bits per heavy atom. The van der Waals surface area contributed by atoms with Crippen LogP contribution in [-0.4, -0.2) is 33.4 Å². The number of anilines is 2. The van der Waals surface area contributed by atoms with Gasteiger partial charge in [0.2, 0.25) is 10.0 Å². The van der Waals surface area contributed by atoms with Gasteiger partial charge in [0.25, 0.3) is 0 Å². The highest BCUT2D eigenvalue weighted by atomic mass is 32.2. The maximum atomic E-state index is 12.3. The van der Waals surface area contributed by atoms with E-state index >= 15 is 0 Å². The summed E-state index contributed by atoms with van der Waals surface area (Å²) in [7, 11) is -0.385. The fraction of sp³-hybridized carbons (Fsp3) is 0.333. The van der Waals surface area contributed by atoms with Gasteiger partial charge in [-0.3, -0.25) is 0 Å². The zero-order chi connectivity index (χ0) is 17.7. The predicted molar refractivity (Wildman–Crippen MR) is 100.0 cm³/mol. The summed E-state index contributed by atoms with van der Waals surface area (Å²) in [5.74, 6) is 0. The van der Waals surface area contributed by atoms with E-state index in [2.05, 4.69) is 41.8 Å². The molecule has 0 heterocycles. The van der Waals surface area contributed by atoms with Crippen molar-refractivity contribution in [3.8, 4) is 0 Å². The van der Waals surface area contributed by atoms with Gasteiger partial charge in [-0.25, -0.2) is 12.7 Å². The summed E-state index contributed by atoms with van der Waals surface area (Å²) in [4.78, 5) is 0.278. The number of hydrogen-bond donors (Lipinski definition) is 2. The van der Waals surface area contributed by atoms with Crippen molar-refractivity contribution in [3.63, 3.8) is 0 Å². The highest BCUT2D eigenvalue weighted by Gasteiger charge is 2.18. The normalized spacial score (nSPS) is 11.5. The first-order chi connectivity index (χ1) is 11.3. The van der Waals surface area contributed by atoms with Crippen molar-refractivity contribution in [2.75, 3.05) is 31.3 Å². The third-order valence-corrected chi connectivity index (χ3v) is 5.55. The number of benzene rings is 2. The van der Waals surface area contributed by atoms with Gasteiger partial charge in [0.1, 0.15) is 0 Å². The minimum absolute atomic E-state index is 0.278. The van der Waals surface area contributed by atoms with Gasteiger partial charge < -0.3 is 10.6 Å². The molecular weight excluding hydrogens is 322 g/mol. The van der Waals surface area contributed by atoms with Gasteiger partial charge in [-0.15, -0.1) is 0 Å². The van der Waals surface area contributed by atoms with E-state index in [4.69, 9.17) is 0 Å². The van der Waals surface area contributed by atoms with Gasteiger partial charge in [0.05, 0.1) is 16.3 Å². The topological polar surface area (TPSA) is 61.4 Å². The van der Waals surface area contributed by atoms with Crippen LogP contribution in [0.3, 0.4) is 0 Å². The fourth-order valence-electron chi connectivity index (χ4n) is 2.29. The van der Waals surface area contributed by atoms with E-state index in [0.717, 1.165) is 23.5 Å². The SMILES string of the molecule is CCNc1ccc(S(=O)(=O)N(C)C)cc1NCc1ccc(C)cc1. The maximum absolute atomic E-state index is 12.3. The van der Waals surface area contributed by atoms with Crippen LogP contribution in [0.4, 0.5) is 11.4 Å². The number of nitrogens with one attached hydrogen (secondary N) is 2. The monoisotopic (exact) mass is 347 g/mol. The summed E-state index contributed by atoms with van der Waals surface area (Å²) >= 11 is 0. The number of sulfonamides is 1. The van der Waals surface area contributed by atoms with E-state index in [0.29, 0.717) is 6.54 Å². The molecule has 0 atom stereocenters.